The summed E-state index contributed by atoms with van der Waals surface area (Å²) in [5.74, 6) is 1.52. The average Bonchev–Trinajstić information content (AvgIpc) is 2.81. The first-order valence-electron chi connectivity index (χ1n) is 5.39. The zero-order valence-electron chi connectivity index (χ0n) is 9.66. The lowest BCUT2D eigenvalue weighted by Gasteiger charge is -2.12. The van der Waals surface area contributed by atoms with Crippen molar-refractivity contribution in [3.8, 4) is 11.5 Å². The number of rotatable bonds is 4. The van der Waals surface area contributed by atoms with Crippen LogP contribution in [0.1, 0.15) is 5.56 Å². The Balaban J connectivity index is 2.09. The van der Waals surface area contributed by atoms with Gasteiger partial charge in [0.2, 0.25) is 0 Å². The van der Waals surface area contributed by atoms with Gasteiger partial charge in [-0.3, -0.25) is 5.32 Å². The molecule has 1 N–H and O–H groups in total. The van der Waals surface area contributed by atoms with E-state index in [-0.39, 0.29) is 6.23 Å². The van der Waals surface area contributed by atoms with Gasteiger partial charge in [0.15, 0.2) is 11.5 Å². The van der Waals surface area contributed by atoms with Crippen LogP contribution in [0.2, 0.25) is 0 Å². The van der Waals surface area contributed by atoms with Crippen LogP contribution >= 0.6 is 0 Å². The Hall–Kier alpha value is -1.26. The van der Waals surface area contributed by atoms with Gasteiger partial charge in [-0.25, -0.2) is 0 Å². The maximum atomic E-state index is 5.50. The smallest absolute Gasteiger partial charge is 0.160 e. The molecule has 4 heteroatoms. The third-order valence-corrected chi connectivity index (χ3v) is 2.66. The van der Waals surface area contributed by atoms with Crippen LogP contribution in [0, 0.1) is 0 Å². The fourth-order valence-electron chi connectivity index (χ4n) is 1.83. The van der Waals surface area contributed by atoms with E-state index in [1.807, 2.05) is 18.2 Å². The van der Waals surface area contributed by atoms with Crippen LogP contribution in [0.3, 0.4) is 0 Å². The van der Waals surface area contributed by atoms with Gasteiger partial charge in [0, 0.05) is 13.0 Å². The summed E-state index contributed by atoms with van der Waals surface area (Å²) in [6, 6.07) is 5.94. The fraction of sp³-hybridized carbons (Fsp3) is 0.500. The average molecular weight is 223 g/mol. The SMILES string of the molecule is COc1ccc(CC2NCCO2)cc1OC. The molecule has 0 aliphatic carbocycles. The summed E-state index contributed by atoms with van der Waals surface area (Å²) in [7, 11) is 3.28. The minimum absolute atomic E-state index is 0.123. The van der Waals surface area contributed by atoms with Crippen molar-refractivity contribution in [2.24, 2.45) is 0 Å². The van der Waals surface area contributed by atoms with E-state index in [9.17, 15) is 0 Å². The lowest BCUT2D eigenvalue weighted by Crippen LogP contribution is -2.24. The van der Waals surface area contributed by atoms with E-state index >= 15 is 0 Å². The molecule has 4 nitrogen and oxygen atoms in total. The van der Waals surface area contributed by atoms with Gasteiger partial charge >= 0.3 is 0 Å². The number of methoxy groups -OCH3 is 2. The molecular weight excluding hydrogens is 206 g/mol. The highest BCUT2D eigenvalue weighted by Gasteiger charge is 2.15. The summed E-state index contributed by atoms with van der Waals surface area (Å²) in [6.45, 7) is 1.72. The van der Waals surface area contributed by atoms with Gasteiger partial charge in [-0.15, -0.1) is 0 Å². The Kier molecular flexibility index (Phi) is 3.64. The molecule has 88 valence electrons. The van der Waals surface area contributed by atoms with Gasteiger partial charge in [0.1, 0.15) is 6.23 Å². The topological polar surface area (TPSA) is 39.7 Å². The summed E-state index contributed by atoms with van der Waals surface area (Å²) in [5.41, 5.74) is 1.18. The van der Waals surface area contributed by atoms with Crippen LogP contribution in [0.25, 0.3) is 0 Å². The largest absolute Gasteiger partial charge is 0.493 e. The molecule has 16 heavy (non-hydrogen) atoms. The van der Waals surface area contributed by atoms with Crippen molar-refractivity contribution in [1.82, 2.24) is 5.32 Å². The third-order valence-electron chi connectivity index (χ3n) is 2.66. The number of hydrogen-bond acceptors (Lipinski definition) is 4. The summed E-state index contributed by atoms with van der Waals surface area (Å²) in [4.78, 5) is 0. The molecule has 1 aliphatic heterocycles. The Bertz CT molecular complexity index is 348. The Labute approximate surface area is 95.5 Å². The zero-order chi connectivity index (χ0) is 11.4. The standard InChI is InChI=1S/C12H17NO3/c1-14-10-4-3-9(7-11(10)15-2)8-12-13-5-6-16-12/h3-4,7,12-13H,5-6,8H2,1-2H3. The third kappa shape index (κ3) is 2.46. The molecule has 1 aliphatic rings. The lowest BCUT2D eigenvalue weighted by molar-refractivity contribution is 0.102. The highest BCUT2D eigenvalue weighted by Crippen LogP contribution is 2.28. The fourth-order valence-corrected chi connectivity index (χ4v) is 1.83. The van der Waals surface area contributed by atoms with Crippen LogP contribution in [0.5, 0.6) is 11.5 Å². The first-order valence-corrected chi connectivity index (χ1v) is 5.39. The zero-order valence-corrected chi connectivity index (χ0v) is 9.66. The second-order valence-corrected chi connectivity index (χ2v) is 3.71. The molecule has 0 spiro atoms. The van der Waals surface area contributed by atoms with E-state index < -0.39 is 0 Å². The summed E-state index contributed by atoms with van der Waals surface area (Å²) < 4.78 is 15.9. The maximum Gasteiger partial charge on any atom is 0.160 e. The predicted octanol–water partition coefficient (Wildman–Crippen LogP) is 1.19. The molecule has 1 fully saturated rings. The maximum absolute atomic E-state index is 5.50. The van der Waals surface area contributed by atoms with Crippen molar-refractivity contribution in [2.45, 2.75) is 12.6 Å². The normalized spacial score (nSPS) is 19.8. The van der Waals surface area contributed by atoms with E-state index in [1.54, 1.807) is 14.2 Å². The highest BCUT2D eigenvalue weighted by atomic mass is 16.5. The Morgan fingerprint density at radius 3 is 2.75 bits per heavy atom. The first-order chi connectivity index (χ1) is 7.83. The van der Waals surface area contributed by atoms with Crippen molar-refractivity contribution in [2.75, 3.05) is 27.4 Å². The van der Waals surface area contributed by atoms with Gasteiger partial charge < -0.3 is 14.2 Å². The second kappa shape index (κ2) is 5.18. The summed E-state index contributed by atoms with van der Waals surface area (Å²) in [6.07, 6.45) is 0.971. The van der Waals surface area contributed by atoms with Gasteiger partial charge in [-0.2, -0.15) is 0 Å². The molecule has 1 aromatic carbocycles. The van der Waals surface area contributed by atoms with Gasteiger partial charge in [-0.1, -0.05) is 6.07 Å². The van der Waals surface area contributed by atoms with E-state index in [4.69, 9.17) is 14.2 Å². The lowest BCUT2D eigenvalue weighted by atomic mass is 10.1. The molecule has 2 rings (SSSR count). The first kappa shape index (κ1) is 11.2. The number of benzene rings is 1. The van der Waals surface area contributed by atoms with E-state index in [2.05, 4.69) is 5.32 Å². The van der Waals surface area contributed by atoms with Crippen molar-refractivity contribution in [3.63, 3.8) is 0 Å². The molecule has 1 atom stereocenters. The van der Waals surface area contributed by atoms with Crippen LogP contribution in [-0.2, 0) is 11.2 Å². The van der Waals surface area contributed by atoms with Crippen LogP contribution in [-0.4, -0.2) is 33.6 Å². The predicted molar refractivity (Wildman–Crippen MR) is 61.0 cm³/mol. The molecule has 1 unspecified atom stereocenters. The second-order valence-electron chi connectivity index (χ2n) is 3.71. The van der Waals surface area contributed by atoms with Crippen LogP contribution in [0.15, 0.2) is 18.2 Å². The molecular formula is C12H17NO3. The molecule has 0 bridgehead atoms. The molecule has 1 saturated heterocycles. The van der Waals surface area contributed by atoms with Gasteiger partial charge in [0.05, 0.1) is 20.8 Å². The van der Waals surface area contributed by atoms with Crippen LogP contribution < -0.4 is 14.8 Å². The van der Waals surface area contributed by atoms with Crippen LogP contribution in [0.4, 0.5) is 0 Å². The van der Waals surface area contributed by atoms with Crippen molar-refractivity contribution >= 4 is 0 Å². The van der Waals surface area contributed by atoms with Crippen molar-refractivity contribution < 1.29 is 14.2 Å². The van der Waals surface area contributed by atoms with Crippen molar-refractivity contribution in [1.29, 1.82) is 0 Å². The quantitative estimate of drug-likeness (QED) is 0.832. The van der Waals surface area contributed by atoms with E-state index in [0.717, 1.165) is 31.1 Å². The molecule has 0 saturated carbocycles. The Morgan fingerprint density at radius 2 is 2.12 bits per heavy atom. The highest BCUT2D eigenvalue weighted by molar-refractivity contribution is 5.43. The number of ether oxygens (including phenoxy) is 3. The summed E-state index contributed by atoms with van der Waals surface area (Å²) >= 11 is 0. The monoisotopic (exact) mass is 223 g/mol. The molecule has 0 aromatic heterocycles. The number of hydrogen-bond donors (Lipinski definition) is 1. The van der Waals surface area contributed by atoms with Crippen molar-refractivity contribution in [3.05, 3.63) is 23.8 Å². The summed E-state index contributed by atoms with van der Waals surface area (Å²) in [5, 5.41) is 3.28. The Morgan fingerprint density at radius 1 is 1.31 bits per heavy atom. The van der Waals surface area contributed by atoms with E-state index in [1.165, 1.54) is 5.56 Å². The van der Waals surface area contributed by atoms with E-state index in [0.29, 0.717) is 0 Å². The molecule has 1 heterocycles. The minimum Gasteiger partial charge on any atom is -0.493 e. The number of nitrogens with one attached hydrogen (secondary N) is 1. The molecule has 1 aromatic rings. The van der Waals surface area contributed by atoms with Gasteiger partial charge in [-0.05, 0) is 17.7 Å². The van der Waals surface area contributed by atoms with Gasteiger partial charge in [0.25, 0.3) is 0 Å². The minimum atomic E-state index is 0.123. The molecule has 0 radical (unpaired) electrons. The molecule has 0 amide bonds.